The summed E-state index contributed by atoms with van der Waals surface area (Å²) in [5.41, 5.74) is -1.88. The zero-order valence-corrected chi connectivity index (χ0v) is 20.0. The van der Waals surface area contributed by atoms with E-state index < -0.39 is 40.3 Å². The molecule has 0 aliphatic carbocycles. The minimum Gasteiger partial charge on any atom is -0.475 e. The van der Waals surface area contributed by atoms with Gasteiger partial charge in [-0.2, -0.15) is 18.2 Å². The van der Waals surface area contributed by atoms with E-state index in [4.69, 9.17) is 4.74 Å². The fourth-order valence-corrected chi connectivity index (χ4v) is 3.44. The lowest BCUT2D eigenvalue weighted by molar-refractivity contribution is -0.136. The first-order valence-electron chi connectivity index (χ1n) is 11.2. The van der Waals surface area contributed by atoms with Crippen LogP contribution in [0.15, 0.2) is 65.5 Å². The molecule has 1 N–H and O–H groups in total. The van der Waals surface area contributed by atoms with Crippen LogP contribution in [-0.4, -0.2) is 15.7 Å². The van der Waals surface area contributed by atoms with Crippen LogP contribution < -0.4 is 15.5 Å². The summed E-state index contributed by atoms with van der Waals surface area (Å²) in [6.45, 7) is 7.25. The van der Waals surface area contributed by atoms with E-state index in [-0.39, 0.29) is 23.0 Å². The van der Waals surface area contributed by atoms with Crippen molar-refractivity contribution in [1.82, 2.24) is 9.55 Å². The number of aromatic nitrogens is 2. The largest absolute Gasteiger partial charge is 0.475 e. The second-order valence-electron chi connectivity index (χ2n) is 7.71. The zero-order chi connectivity index (χ0) is 26.6. The van der Waals surface area contributed by atoms with Crippen molar-refractivity contribution in [3.05, 3.63) is 88.1 Å². The highest BCUT2D eigenvalue weighted by Gasteiger charge is 2.36. The van der Waals surface area contributed by atoms with E-state index in [1.807, 2.05) is 13.8 Å². The SMILES string of the molecule is CC.CC(C)Oc1cc(C(F)(F)F)c2c(=O)cc(Nc3ccc(F)cc3)n(-c3ccc(F)cc3)c2n1. The number of rotatable bonds is 5. The average molecular weight is 505 g/mol. The molecule has 0 aliphatic rings. The van der Waals surface area contributed by atoms with Gasteiger partial charge in [0, 0.05) is 23.5 Å². The molecule has 190 valence electrons. The number of anilines is 2. The van der Waals surface area contributed by atoms with Gasteiger partial charge in [-0.1, -0.05) is 13.8 Å². The molecule has 2 aromatic heterocycles. The molecule has 10 heteroatoms. The third kappa shape index (κ3) is 5.81. The maximum absolute atomic E-state index is 14.0. The maximum atomic E-state index is 14.0. The van der Waals surface area contributed by atoms with Crippen LogP contribution in [-0.2, 0) is 6.18 Å². The second kappa shape index (κ2) is 10.8. The minimum absolute atomic E-state index is 0.0398. The van der Waals surface area contributed by atoms with Crippen LogP contribution in [0, 0.1) is 11.6 Å². The number of alkyl halides is 3. The van der Waals surface area contributed by atoms with E-state index in [2.05, 4.69) is 10.3 Å². The van der Waals surface area contributed by atoms with Gasteiger partial charge in [0.05, 0.1) is 17.1 Å². The fourth-order valence-electron chi connectivity index (χ4n) is 3.44. The summed E-state index contributed by atoms with van der Waals surface area (Å²) in [6, 6.07) is 11.7. The Hall–Kier alpha value is -3.95. The molecule has 2 heterocycles. The smallest absolute Gasteiger partial charge is 0.417 e. The van der Waals surface area contributed by atoms with Crippen molar-refractivity contribution in [2.45, 2.75) is 40.0 Å². The minimum atomic E-state index is -4.87. The molecule has 0 spiro atoms. The van der Waals surface area contributed by atoms with Crippen LogP contribution in [0.5, 0.6) is 5.88 Å². The first-order valence-corrected chi connectivity index (χ1v) is 11.2. The number of hydrogen-bond donors (Lipinski definition) is 1. The number of ether oxygens (including phenoxy) is 1. The van der Waals surface area contributed by atoms with Crippen molar-refractivity contribution in [1.29, 1.82) is 0 Å². The van der Waals surface area contributed by atoms with Gasteiger partial charge in [-0.05, 0) is 62.4 Å². The lowest BCUT2D eigenvalue weighted by atomic mass is 10.1. The molecular weight excluding hydrogens is 481 g/mol. The van der Waals surface area contributed by atoms with Crippen LogP contribution in [0.3, 0.4) is 0 Å². The first-order chi connectivity index (χ1) is 17.0. The summed E-state index contributed by atoms with van der Waals surface area (Å²) in [6.07, 6.45) is -5.36. The maximum Gasteiger partial charge on any atom is 0.417 e. The predicted molar refractivity (Wildman–Crippen MR) is 129 cm³/mol. The molecule has 4 aromatic rings. The van der Waals surface area contributed by atoms with Crippen LogP contribution in [0.4, 0.5) is 33.5 Å². The summed E-state index contributed by atoms with van der Waals surface area (Å²) < 4.78 is 75.5. The second-order valence-corrected chi connectivity index (χ2v) is 7.71. The summed E-state index contributed by atoms with van der Waals surface area (Å²) in [5, 5.41) is 2.24. The molecule has 0 unspecified atom stereocenters. The molecule has 0 radical (unpaired) electrons. The number of fused-ring (bicyclic) bond motifs is 1. The number of benzene rings is 2. The van der Waals surface area contributed by atoms with E-state index in [0.717, 1.165) is 18.2 Å². The van der Waals surface area contributed by atoms with Crippen molar-refractivity contribution < 1.29 is 26.7 Å². The number of nitrogens with zero attached hydrogens (tertiary/aromatic N) is 2. The molecule has 2 aromatic carbocycles. The quantitative estimate of drug-likeness (QED) is 0.291. The third-order valence-corrected chi connectivity index (χ3v) is 4.81. The van der Waals surface area contributed by atoms with E-state index in [9.17, 15) is 26.7 Å². The number of pyridine rings is 2. The molecule has 0 aliphatic heterocycles. The Morgan fingerprint density at radius 1 is 0.917 bits per heavy atom. The van der Waals surface area contributed by atoms with Crippen molar-refractivity contribution in [2.24, 2.45) is 0 Å². The van der Waals surface area contributed by atoms with Crippen LogP contribution in [0.1, 0.15) is 33.3 Å². The van der Waals surface area contributed by atoms with Crippen molar-refractivity contribution in [3.63, 3.8) is 0 Å². The Labute approximate surface area is 204 Å². The number of nitrogens with one attached hydrogen (secondary N) is 1. The number of halogens is 5. The highest BCUT2D eigenvalue weighted by molar-refractivity contribution is 5.85. The standard InChI is InChI=1S/C24H18F5N3O2.C2H6/c1-13(2)34-21-11-18(24(27,28)29)22-19(33)12-20(30-16-7-3-14(25)4-8-16)32(23(22)31-21)17-9-5-15(26)6-10-17;1-2/h3-13,30H,1-2H3;1-2H3. The lowest BCUT2D eigenvalue weighted by Gasteiger charge is -2.21. The molecular formula is C26H24F5N3O2. The topological polar surface area (TPSA) is 56.1 Å². The van der Waals surface area contributed by atoms with Crippen molar-refractivity contribution >= 4 is 22.5 Å². The fraction of sp³-hybridized carbons (Fsp3) is 0.231. The van der Waals surface area contributed by atoms with Crippen molar-refractivity contribution in [3.8, 4) is 11.6 Å². The molecule has 0 fully saturated rings. The Balaban J connectivity index is 0.00000176. The van der Waals surface area contributed by atoms with Gasteiger partial charge in [0.15, 0.2) is 11.1 Å². The van der Waals surface area contributed by atoms with Gasteiger partial charge in [-0.3, -0.25) is 9.36 Å². The Morgan fingerprint density at radius 2 is 1.47 bits per heavy atom. The summed E-state index contributed by atoms with van der Waals surface area (Å²) >= 11 is 0. The Kier molecular flexibility index (Phi) is 7.96. The highest BCUT2D eigenvalue weighted by Crippen LogP contribution is 2.37. The van der Waals surface area contributed by atoms with Crippen LogP contribution in [0.2, 0.25) is 0 Å². The van der Waals surface area contributed by atoms with Gasteiger partial charge in [0.1, 0.15) is 17.5 Å². The van der Waals surface area contributed by atoms with Gasteiger partial charge in [0.2, 0.25) is 5.88 Å². The highest BCUT2D eigenvalue weighted by atomic mass is 19.4. The van der Waals surface area contributed by atoms with Gasteiger partial charge < -0.3 is 10.1 Å². The zero-order valence-electron chi connectivity index (χ0n) is 20.0. The third-order valence-electron chi connectivity index (χ3n) is 4.81. The summed E-state index contributed by atoms with van der Waals surface area (Å²) in [7, 11) is 0. The van der Waals surface area contributed by atoms with E-state index >= 15 is 0 Å². The number of hydrogen-bond acceptors (Lipinski definition) is 4. The van der Waals surface area contributed by atoms with Gasteiger partial charge in [-0.25, -0.2) is 8.78 Å². The van der Waals surface area contributed by atoms with Gasteiger partial charge >= 0.3 is 6.18 Å². The first kappa shape index (κ1) is 26.7. The normalized spacial score (nSPS) is 11.3. The monoisotopic (exact) mass is 505 g/mol. The lowest BCUT2D eigenvalue weighted by Crippen LogP contribution is -2.19. The van der Waals surface area contributed by atoms with Crippen molar-refractivity contribution in [2.75, 3.05) is 5.32 Å². The Bertz CT molecular complexity index is 1400. The molecule has 0 atom stereocenters. The molecule has 0 amide bonds. The van der Waals surface area contributed by atoms with Gasteiger partial charge in [0.25, 0.3) is 0 Å². The summed E-state index contributed by atoms with van der Waals surface area (Å²) in [4.78, 5) is 17.1. The summed E-state index contributed by atoms with van der Waals surface area (Å²) in [5.74, 6) is -1.34. The van der Waals surface area contributed by atoms with E-state index in [1.54, 1.807) is 13.8 Å². The van der Waals surface area contributed by atoms with E-state index in [1.165, 1.54) is 41.0 Å². The van der Waals surface area contributed by atoms with Crippen LogP contribution >= 0.6 is 0 Å². The predicted octanol–water partition coefficient (Wildman–Crippen LogP) is 7.24. The molecule has 0 saturated carbocycles. The molecule has 36 heavy (non-hydrogen) atoms. The molecule has 0 saturated heterocycles. The molecule has 5 nitrogen and oxygen atoms in total. The Morgan fingerprint density at radius 3 is 2.00 bits per heavy atom. The van der Waals surface area contributed by atoms with Crippen LogP contribution in [0.25, 0.3) is 16.7 Å². The molecule has 4 rings (SSSR count). The average Bonchev–Trinajstić information content (AvgIpc) is 2.81. The van der Waals surface area contributed by atoms with Gasteiger partial charge in [-0.15, -0.1) is 0 Å². The molecule has 0 bridgehead atoms. The van der Waals surface area contributed by atoms with E-state index in [0.29, 0.717) is 11.8 Å².